The number of anilines is 1. The Morgan fingerprint density at radius 3 is 2.90 bits per heavy atom. The first-order valence-corrected chi connectivity index (χ1v) is 2.85. The first-order valence-electron chi connectivity index (χ1n) is 2.85. The summed E-state index contributed by atoms with van der Waals surface area (Å²) in [6.45, 7) is 1.80. The van der Waals surface area contributed by atoms with Gasteiger partial charge in [0.15, 0.2) is 0 Å². The minimum Gasteiger partial charge on any atom is -0.338 e. The summed E-state index contributed by atoms with van der Waals surface area (Å²) in [4.78, 5) is 11.5. The molecule has 1 amide bonds. The summed E-state index contributed by atoms with van der Waals surface area (Å²) in [5.41, 5.74) is 0.767. The molecule has 0 radical (unpaired) electrons. The molecule has 0 bridgehead atoms. The zero-order valence-corrected chi connectivity index (χ0v) is 5.87. The number of carbonyl (C=O) groups excluding carboxylic acids is 1. The lowest BCUT2D eigenvalue weighted by atomic mass is 10.5. The highest BCUT2D eigenvalue weighted by Gasteiger charge is 2.03. The lowest BCUT2D eigenvalue weighted by Gasteiger charge is -2.01. The number of hydrogen-bond acceptors (Lipinski definition) is 3. The molecule has 0 aliphatic carbocycles. The van der Waals surface area contributed by atoms with Gasteiger partial charge in [0.2, 0.25) is 12.3 Å². The fourth-order valence-corrected chi connectivity index (χ4v) is 0.568. The van der Waals surface area contributed by atoms with Crippen molar-refractivity contribution in [1.82, 2.24) is 5.16 Å². The minimum absolute atomic E-state index is 0.465. The molecular weight excluding hydrogens is 132 g/mol. The molecule has 10 heavy (non-hydrogen) atoms. The van der Waals surface area contributed by atoms with Gasteiger partial charge in [0.1, 0.15) is 0 Å². The van der Waals surface area contributed by atoms with E-state index in [-0.39, 0.29) is 0 Å². The first kappa shape index (κ1) is 6.80. The smallest absolute Gasteiger partial charge is 0.233 e. The molecule has 1 heterocycles. The van der Waals surface area contributed by atoms with Crippen molar-refractivity contribution >= 4 is 12.3 Å². The van der Waals surface area contributed by atoms with Crippen LogP contribution in [0.4, 0.5) is 5.88 Å². The number of hydrogen-bond donors (Lipinski definition) is 0. The average Bonchev–Trinajstić information content (AvgIpc) is 2.34. The van der Waals surface area contributed by atoms with E-state index in [1.54, 1.807) is 20.0 Å². The first-order chi connectivity index (χ1) is 4.74. The Bertz CT molecular complexity index is 231. The van der Waals surface area contributed by atoms with Crippen molar-refractivity contribution in [3.8, 4) is 0 Å². The average molecular weight is 140 g/mol. The normalized spacial score (nSPS) is 9.40. The number of carbonyl (C=O) groups is 1. The molecule has 54 valence electrons. The standard InChI is InChI=1S/C6H8N2O2/c1-5-3-6(10-7-5)8(2)4-9/h3-4H,1-2H3. The zero-order chi connectivity index (χ0) is 7.56. The maximum absolute atomic E-state index is 10.2. The van der Waals surface area contributed by atoms with Crippen molar-refractivity contribution in [2.45, 2.75) is 6.92 Å². The van der Waals surface area contributed by atoms with Gasteiger partial charge in [-0.05, 0) is 6.92 Å². The van der Waals surface area contributed by atoms with Crippen LogP contribution in [0.1, 0.15) is 5.69 Å². The third-order valence-electron chi connectivity index (χ3n) is 1.12. The number of amides is 1. The zero-order valence-electron chi connectivity index (χ0n) is 5.87. The van der Waals surface area contributed by atoms with Gasteiger partial charge in [0.25, 0.3) is 0 Å². The van der Waals surface area contributed by atoms with Gasteiger partial charge in [-0.3, -0.25) is 9.69 Å². The van der Waals surface area contributed by atoms with Crippen LogP contribution in [0.15, 0.2) is 10.6 Å². The van der Waals surface area contributed by atoms with Crippen LogP contribution < -0.4 is 4.90 Å². The summed E-state index contributed by atoms with van der Waals surface area (Å²) in [6.07, 6.45) is 0.667. The SMILES string of the molecule is Cc1cc(N(C)C=O)on1. The van der Waals surface area contributed by atoms with Crippen molar-refractivity contribution in [1.29, 1.82) is 0 Å². The van der Waals surface area contributed by atoms with Crippen LogP contribution in [-0.2, 0) is 4.79 Å². The van der Waals surface area contributed by atoms with E-state index in [4.69, 9.17) is 4.52 Å². The lowest BCUT2D eigenvalue weighted by Crippen LogP contribution is -2.12. The molecule has 0 saturated heterocycles. The molecule has 0 saturated carbocycles. The van der Waals surface area contributed by atoms with Crippen LogP contribution in [0.25, 0.3) is 0 Å². The molecule has 0 aliphatic heterocycles. The number of aryl methyl sites for hydroxylation is 1. The van der Waals surface area contributed by atoms with Gasteiger partial charge in [-0.15, -0.1) is 0 Å². The highest BCUT2D eigenvalue weighted by atomic mass is 16.5. The Kier molecular flexibility index (Phi) is 1.71. The largest absolute Gasteiger partial charge is 0.338 e. The molecule has 0 N–H and O–H groups in total. The van der Waals surface area contributed by atoms with Gasteiger partial charge >= 0.3 is 0 Å². The summed E-state index contributed by atoms with van der Waals surface area (Å²) in [5.74, 6) is 0.465. The predicted molar refractivity (Wildman–Crippen MR) is 35.7 cm³/mol. The maximum atomic E-state index is 10.2. The molecule has 0 aromatic carbocycles. The summed E-state index contributed by atoms with van der Waals surface area (Å²) in [6, 6.07) is 1.69. The lowest BCUT2D eigenvalue weighted by molar-refractivity contribution is -0.107. The predicted octanol–water partition coefficient (Wildman–Crippen LogP) is 0.576. The second-order valence-electron chi connectivity index (χ2n) is 2.02. The van der Waals surface area contributed by atoms with E-state index in [0.717, 1.165) is 5.69 Å². The van der Waals surface area contributed by atoms with Crippen LogP contribution in [-0.4, -0.2) is 18.6 Å². The molecular formula is C6H8N2O2. The van der Waals surface area contributed by atoms with Crippen molar-refractivity contribution < 1.29 is 9.32 Å². The summed E-state index contributed by atoms with van der Waals surface area (Å²) < 4.78 is 4.76. The van der Waals surface area contributed by atoms with E-state index < -0.39 is 0 Å². The topological polar surface area (TPSA) is 46.3 Å². The Morgan fingerprint density at radius 1 is 1.80 bits per heavy atom. The molecule has 0 unspecified atom stereocenters. The number of aromatic nitrogens is 1. The second-order valence-corrected chi connectivity index (χ2v) is 2.02. The van der Waals surface area contributed by atoms with E-state index in [1.165, 1.54) is 4.90 Å². The van der Waals surface area contributed by atoms with E-state index in [9.17, 15) is 4.79 Å². The highest BCUT2D eigenvalue weighted by Crippen LogP contribution is 2.10. The Labute approximate surface area is 58.4 Å². The van der Waals surface area contributed by atoms with Gasteiger partial charge < -0.3 is 4.52 Å². The van der Waals surface area contributed by atoms with E-state index >= 15 is 0 Å². The molecule has 0 aliphatic rings. The van der Waals surface area contributed by atoms with Gasteiger partial charge in [-0.1, -0.05) is 5.16 Å². The second kappa shape index (κ2) is 2.51. The van der Waals surface area contributed by atoms with Crippen LogP contribution in [0.5, 0.6) is 0 Å². The minimum atomic E-state index is 0.465. The monoisotopic (exact) mass is 140 g/mol. The van der Waals surface area contributed by atoms with E-state index in [0.29, 0.717) is 12.3 Å². The van der Waals surface area contributed by atoms with Crippen molar-refractivity contribution in [3.05, 3.63) is 11.8 Å². The fourth-order valence-electron chi connectivity index (χ4n) is 0.568. The molecule has 4 heteroatoms. The third kappa shape index (κ3) is 1.15. The molecule has 1 aromatic heterocycles. The molecule has 1 aromatic rings. The van der Waals surface area contributed by atoms with Gasteiger partial charge in [0, 0.05) is 13.1 Å². The quantitative estimate of drug-likeness (QED) is 0.564. The highest BCUT2D eigenvalue weighted by molar-refractivity contribution is 5.70. The Morgan fingerprint density at radius 2 is 2.50 bits per heavy atom. The van der Waals surface area contributed by atoms with Crippen molar-refractivity contribution in [2.75, 3.05) is 11.9 Å². The number of nitrogens with zero attached hydrogens (tertiary/aromatic N) is 2. The Balaban J connectivity index is 2.84. The van der Waals surface area contributed by atoms with E-state index in [1.807, 2.05) is 0 Å². The van der Waals surface area contributed by atoms with Crippen molar-refractivity contribution in [3.63, 3.8) is 0 Å². The molecule has 0 fully saturated rings. The molecule has 0 atom stereocenters. The van der Waals surface area contributed by atoms with Gasteiger partial charge in [0.05, 0.1) is 5.69 Å². The van der Waals surface area contributed by atoms with Crippen molar-refractivity contribution in [2.24, 2.45) is 0 Å². The maximum Gasteiger partial charge on any atom is 0.233 e. The molecule has 1 rings (SSSR count). The van der Waals surface area contributed by atoms with Gasteiger partial charge in [-0.25, -0.2) is 0 Å². The third-order valence-corrected chi connectivity index (χ3v) is 1.12. The van der Waals surface area contributed by atoms with Crippen LogP contribution >= 0.6 is 0 Å². The van der Waals surface area contributed by atoms with Crippen LogP contribution in [0, 0.1) is 6.92 Å². The molecule has 4 nitrogen and oxygen atoms in total. The summed E-state index contributed by atoms with van der Waals surface area (Å²) >= 11 is 0. The number of rotatable bonds is 2. The van der Waals surface area contributed by atoms with Gasteiger partial charge in [-0.2, -0.15) is 0 Å². The van der Waals surface area contributed by atoms with E-state index in [2.05, 4.69) is 5.16 Å². The van der Waals surface area contributed by atoms with Crippen LogP contribution in [0.2, 0.25) is 0 Å². The summed E-state index contributed by atoms with van der Waals surface area (Å²) in [7, 11) is 1.60. The fraction of sp³-hybridized carbons (Fsp3) is 0.333. The Hall–Kier alpha value is -1.32. The molecule has 0 spiro atoms. The summed E-state index contributed by atoms with van der Waals surface area (Å²) in [5, 5.41) is 3.61. The van der Waals surface area contributed by atoms with Crippen LogP contribution in [0.3, 0.4) is 0 Å².